The van der Waals surface area contributed by atoms with Gasteiger partial charge in [-0.2, -0.15) is 0 Å². The van der Waals surface area contributed by atoms with Crippen molar-refractivity contribution in [2.75, 3.05) is 13.1 Å². The number of hydrogen-bond acceptors (Lipinski definition) is 4. The highest BCUT2D eigenvalue weighted by Gasteiger charge is 2.60. The van der Waals surface area contributed by atoms with Crippen molar-refractivity contribution >= 4 is 16.8 Å². The predicted octanol–water partition coefficient (Wildman–Crippen LogP) is 3.28. The van der Waals surface area contributed by atoms with Crippen LogP contribution in [-0.2, 0) is 0 Å². The number of carbonyl (C=O) groups excluding carboxylic acids is 1. The lowest BCUT2D eigenvalue weighted by molar-refractivity contribution is -0.0274. The van der Waals surface area contributed by atoms with Gasteiger partial charge in [0.1, 0.15) is 5.69 Å². The zero-order chi connectivity index (χ0) is 14.7. The minimum atomic E-state index is 0.202. The molecular formula is C18H20N2O2. The lowest BCUT2D eigenvalue weighted by Crippen LogP contribution is -2.57. The van der Waals surface area contributed by atoms with Gasteiger partial charge >= 0.3 is 0 Å². The quantitative estimate of drug-likeness (QED) is 0.816. The minimum Gasteiger partial charge on any atom is -0.463 e. The molecule has 1 saturated carbocycles. The fourth-order valence-electron chi connectivity index (χ4n) is 4.92. The molecule has 3 aliphatic heterocycles. The van der Waals surface area contributed by atoms with E-state index in [1.807, 2.05) is 12.1 Å². The van der Waals surface area contributed by atoms with Crippen molar-refractivity contribution < 1.29 is 9.21 Å². The van der Waals surface area contributed by atoms with Gasteiger partial charge in [0.2, 0.25) is 0 Å². The number of carbonyl (C=O) groups is 1. The second kappa shape index (κ2) is 4.42. The first-order chi connectivity index (χ1) is 10.8. The summed E-state index contributed by atoms with van der Waals surface area (Å²) in [4.78, 5) is 19.7. The number of aromatic nitrogens is 1. The normalized spacial score (nSPS) is 31.7. The number of rotatable bonds is 3. The highest BCUT2D eigenvalue weighted by atomic mass is 16.3. The van der Waals surface area contributed by atoms with Gasteiger partial charge in [0.15, 0.2) is 11.4 Å². The average Bonchev–Trinajstić information content (AvgIpc) is 3.18. The summed E-state index contributed by atoms with van der Waals surface area (Å²) in [6.07, 6.45) is 9.10. The van der Waals surface area contributed by atoms with Gasteiger partial charge in [-0.25, -0.2) is 4.98 Å². The summed E-state index contributed by atoms with van der Waals surface area (Å²) in [7, 11) is 0. The second-order valence-corrected chi connectivity index (χ2v) is 7.19. The molecular weight excluding hydrogens is 276 g/mol. The maximum Gasteiger partial charge on any atom is 0.181 e. The lowest BCUT2D eigenvalue weighted by Gasteiger charge is -2.52. The number of pyridine rings is 1. The molecule has 3 saturated heterocycles. The Kier molecular flexibility index (Phi) is 2.57. The van der Waals surface area contributed by atoms with Crippen LogP contribution in [0.5, 0.6) is 0 Å². The maximum atomic E-state index is 12.8. The van der Waals surface area contributed by atoms with E-state index in [0.717, 1.165) is 16.9 Å². The fraction of sp³-hybridized carbons (Fsp3) is 0.556. The molecule has 114 valence electrons. The largest absolute Gasteiger partial charge is 0.463 e. The molecule has 2 aromatic heterocycles. The predicted molar refractivity (Wildman–Crippen MR) is 82.7 cm³/mol. The molecule has 0 unspecified atom stereocenters. The number of ketones is 1. The SMILES string of the molecule is O=C(C[C@@H]1C2CCN(CC2)C12CC2)c1cc2ccoc2cn1. The molecule has 2 aromatic rings. The van der Waals surface area contributed by atoms with Crippen LogP contribution in [0.3, 0.4) is 0 Å². The summed E-state index contributed by atoms with van der Waals surface area (Å²) < 4.78 is 5.31. The number of hydrogen-bond donors (Lipinski definition) is 0. The van der Waals surface area contributed by atoms with E-state index < -0.39 is 0 Å². The van der Waals surface area contributed by atoms with Crippen molar-refractivity contribution in [2.24, 2.45) is 11.8 Å². The van der Waals surface area contributed by atoms with E-state index in [1.165, 1.54) is 38.8 Å². The Morgan fingerprint density at radius 1 is 1.36 bits per heavy atom. The summed E-state index contributed by atoms with van der Waals surface area (Å²) in [5, 5.41) is 0.966. The first-order valence-electron chi connectivity index (χ1n) is 8.38. The Bertz CT molecular complexity index is 738. The summed E-state index contributed by atoms with van der Waals surface area (Å²) >= 11 is 0. The Morgan fingerprint density at radius 2 is 2.18 bits per heavy atom. The summed E-state index contributed by atoms with van der Waals surface area (Å²) in [6, 6.07) is 3.77. The van der Waals surface area contributed by atoms with Gasteiger partial charge in [0, 0.05) is 17.3 Å². The minimum absolute atomic E-state index is 0.202. The number of fused-ring (bicyclic) bond motifs is 3. The highest BCUT2D eigenvalue weighted by molar-refractivity contribution is 5.97. The topological polar surface area (TPSA) is 46.3 Å². The molecule has 4 fully saturated rings. The third kappa shape index (κ3) is 1.73. The van der Waals surface area contributed by atoms with E-state index in [1.54, 1.807) is 12.5 Å². The molecule has 0 radical (unpaired) electrons. The van der Waals surface area contributed by atoms with Gasteiger partial charge in [-0.15, -0.1) is 0 Å². The molecule has 1 aliphatic carbocycles. The third-order valence-electron chi connectivity index (χ3n) is 6.22. The molecule has 0 amide bonds. The van der Waals surface area contributed by atoms with Crippen LogP contribution in [0.15, 0.2) is 29.0 Å². The first kappa shape index (κ1) is 12.8. The summed E-state index contributed by atoms with van der Waals surface area (Å²) in [5.41, 5.74) is 1.72. The Labute approximate surface area is 129 Å². The van der Waals surface area contributed by atoms with Crippen molar-refractivity contribution in [1.29, 1.82) is 0 Å². The van der Waals surface area contributed by atoms with E-state index in [0.29, 0.717) is 23.6 Å². The number of furan rings is 1. The number of nitrogens with zero attached hydrogens (tertiary/aromatic N) is 2. The van der Waals surface area contributed by atoms with Crippen molar-refractivity contribution in [2.45, 2.75) is 37.6 Å². The standard InChI is InChI=1S/C18H20N2O2/c21-16(15-9-13-3-8-22-17(13)11-19-15)10-14-12-1-6-20(7-2-12)18(14)4-5-18/h3,8-9,11-12,14H,1-2,4-7,10H2/t14-/m1/s1. The molecule has 0 N–H and O–H groups in total. The van der Waals surface area contributed by atoms with Gasteiger partial charge in [0.05, 0.1) is 12.5 Å². The van der Waals surface area contributed by atoms with Crippen molar-refractivity contribution in [3.63, 3.8) is 0 Å². The van der Waals surface area contributed by atoms with E-state index in [9.17, 15) is 4.79 Å². The monoisotopic (exact) mass is 296 g/mol. The van der Waals surface area contributed by atoms with Crippen molar-refractivity contribution in [3.05, 3.63) is 30.3 Å². The molecule has 0 aromatic carbocycles. The maximum absolute atomic E-state index is 12.8. The number of piperidine rings is 3. The Morgan fingerprint density at radius 3 is 2.95 bits per heavy atom. The Balaban J connectivity index is 1.42. The molecule has 4 aliphatic rings. The first-order valence-corrected chi connectivity index (χ1v) is 8.38. The van der Waals surface area contributed by atoms with Crippen LogP contribution >= 0.6 is 0 Å². The second-order valence-electron chi connectivity index (χ2n) is 7.19. The van der Waals surface area contributed by atoms with Gasteiger partial charge < -0.3 is 4.42 Å². The Hall–Kier alpha value is -1.68. The third-order valence-corrected chi connectivity index (χ3v) is 6.22. The number of Topliss-reactive ketones (excluding diaryl/α,β-unsaturated/α-hetero) is 1. The van der Waals surface area contributed by atoms with Gasteiger partial charge in [-0.05, 0) is 62.7 Å². The van der Waals surface area contributed by atoms with Crippen LogP contribution < -0.4 is 0 Å². The smallest absolute Gasteiger partial charge is 0.181 e. The van der Waals surface area contributed by atoms with E-state index in [2.05, 4.69) is 9.88 Å². The molecule has 1 spiro atoms. The van der Waals surface area contributed by atoms with Crippen LogP contribution in [0.25, 0.3) is 11.0 Å². The fourth-order valence-corrected chi connectivity index (χ4v) is 4.92. The highest BCUT2D eigenvalue weighted by Crippen LogP contribution is 2.58. The summed E-state index contributed by atoms with van der Waals surface area (Å²) in [6.45, 7) is 2.49. The van der Waals surface area contributed by atoms with Gasteiger partial charge in [-0.3, -0.25) is 9.69 Å². The average molecular weight is 296 g/mol. The van der Waals surface area contributed by atoms with E-state index >= 15 is 0 Å². The van der Waals surface area contributed by atoms with Crippen molar-refractivity contribution in [1.82, 2.24) is 9.88 Å². The van der Waals surface area contributed by atoms with Crippen LogP contribution in [0.1, 0.15) is 42.6 Å². The van der Waals surface area contributed by atoms with Crippen LogP contribution in [0.2, 0.25) is 0 Å². The summed E-state index contributed by atoms with van der Waals surface area (Å²) in [5.74, 6) is 1.49. The zero-order valence-electron chi connectivity index (χ0n) is 12.6. The zero-order valence-corrected chi connectivity index (χ0v) is 12.6. The molecule has 4 nitrogen and oxygen atoms in total. The molecule has 1 atom stereocenters. The molecule has 6 rings (SSSR count). The van der Waals surface area contributed by atoms with Gasteiger partial charge in [-0.1, -0.05) is 0 Å². The molecule has 2 bridgehead atoms. The lowest BCUT2D eigenvalue weighted by atomic mass is 9.69. The van der Waals surface area contributed by atoms with Crippen molar-refractivity contribution in [3.8, 4) is 0 Å². The van der Waals surface area contributed by atoms with E-state index in [-0.39, 0.29) is 5.78 Å². The van der Waals surface area contributed by atoms with Crippen LogP contribution in [0.4, 0.5) is 0 Å². The van der Waals surface area contributed by atoms with Gasteiger partial charge in [0.25, 0.3) is 0 Å². The van der Waals surface area contributed by atoms with Crippen LogP contribution in [0, 0.1) is 11.8 Å². The molecule has 4 heteroatoms. The van der Waals surface area contributed by atoms with Crippen LogP contribution in [-0.4, -0.2) is 34.3 Å². The molecule has 22 heavy (non-hydrogen) atoms. The molecule has 5 heterocycles. The van der Waals surface area contributed by atoms with E-state index in [4.69, 9.17) is 4.42 Å².